The van der Waals surface area contributed by atoms with E-state index in [4.69, 9.17) is 4.74 Å². The van der Waals surface area contributed by atoms with Gasteiger partial charge in [-0.15, -0.1) is 0 Å². The molecule has 0 N–H and O–H groups in total. The van der Waals surface area contributed by atoms with Gasteiger partial charge in [0.1, 0.15) is 5.78 Å². The van der Waals surface area contributed by atoms with Crippen molar-refractivity contribution in [1.82, 2.24) is 0 Å². The fourth-order valence-corrected chi connectivity index (χ4v) is 2.07. The highest BCUT2D eigenvalue weighted by molar-refractivity contribution is 5.82. The van der Waals surface area contributed by atoms with Crippen LogP contribution in [0, 0.1) is 11.3 Å². The van der Waals surface area contributed by atoms with E-state index >= 15 is 0 Å². The molecule has 14 heavy (non-hydrogen) atoms. The Morgan fingerprint density at radius 1 is 1.50 bits per heavy atom. The van der Waals surface area contributed by atoms with Crippen LogP contribution in [0.1, 0.15) is 39.5 Å². The van der Waals surface area contributed by atoms with Crippen LogP contribution in [0.15, 0.2) is 0 Å². The Balaban J connectivity index is 2.70. The zero-order valence-electron chi connectivity index (χ0n) is 9.13. The number of esters is 1. The predicted molar refractivity (Wildman–Crippen MR) is 52.8 cm³/mol. The number of ketones is 1. The first-order valence-electron chi connectivity index (χ1n) is 5.08. The molecule has 0 radical (unpaired) electrons. The topological polar surface area (TPSA) is 43.4 Å². The molecule has 0 amide bonds. The van der Waals surface area contributed by atoms with Crippen LogP contribution < -0.4 is 0 Å². The quantitative estimate of drug-likeness (QED) is 0.637. The molecule has 80 valence electrons. The second-order valence-corrected chi connectivity index (χ2v) is 4.55. The van der Waals surface area contributed by atoms with Crippen LogP contribution in [0.4, 0.5) is 0 Å². The van der Waals surface area contributed by atoms with Crippen LogP contribution in [0.3, 0.4) is 0 Å². The third-order valence-electron chi connectivity index (χ3n) is 3.21. The number of hydrogen-bond acceptors (Lipinski definition) is 3. The molecule has 1 aliphatic carbocycles. The van der Waals surface area contributed by atoms with Crippen LogP contribution in [0.5, 0.6) is 0 Å². The highest BCUT2D eigenvalue weighted by Gasteiger charge is 2.39. The molecule has 0 unspecified atom stereocenters. The van der Waals surface area contributed by atoms with Crippen molar-refractivity contribution < 1.29 is 14.3 Å². The molecule has 1 rings (SSSR count). The molecular formula is C11H18O3. The van der Waals surface area contributed by atoms with E-state index in [1.54, 1.807) is 0 Å². The van der Waals surface area contributed by atoms with Crippen molar-refractivity contribution in [3.63, 3.8) is 0 Å². The van der Waals surface area contributed by atoms with Gasteiger partial charge in [-0.25, -0.2) is 0 Å². The first kappa shape index (κ1) is 11.2. The smallest absolute Gasteiger partial charge is 0.311 e. The van der Waals surface area contributed by atoms with Gasteiger partial charge in [-0.1, -0.05) is 0 Å². The Morgan fingerprint density at radius 3 is 2.64 bits per heavy atom. The van der Waals surface area contributed by atoms with Gasteiger partial charge in [0, 0.05) is 12.8 Å². The number of Topliss-reactive ketones (excluding diaryl/α,β-unsaturated/α-hetero) is 1. The summed E-state index contributed by atoms with van der Waals surface area (Å²) in [5.41, 5.74) is -0.523. The summed E-state index contributed by atoms with van der Waals surface area (Å²) in [6.45, 7) is 3.73. The summed E-state index contributed by atoms with van der Waals surface area (Å²) in [5.74, 6) is 0.214. The molecule has 0 aromatic rings. The Labute approximate surface area is 84.8 Å². The van der Waals surface area contributed by atoms with Crippen molar-refractivity contribution in [3.05, 3.63) is 0 Å². The summed E-state index contributed by atoms with van der Waals surface area (Å²) in [5, 5.41) is 0. The van der Waals surface area contributed by atoms with E-state index in [0.717, 1.165) is 12.8 Å². The lowest BCUT2D eigenvalue weighted by atomic mass is 9.71. The molecule has 0 aliphatic heterocycles. The van der Waals surface area contributed by atoms with E-state index in [1.165, 1.54) is 7.11 Å². The van der Waals surface area contributed by atoms with E-state index in [9.17, 15) is 9.59 Å². The number of rotatable bonds is 2. The monoisotopic (exact) mass is 198 g/mol. The lowest BCUT2D eigenvalue weighted by Gasteiger charge is -2.33. The van der Waals surface area contributed by atoms with Gasteiger partial charge in [-0.05, 0) is 32.6 Å². The van der Waals surface area contributed by atoms with Crippen LogP contribution in [-0.2, 0) is 14.3 Å². The number of carbonyl (C=O) groups is 2. The third kappa shape index (κ3) is 2.14. The SMILES string of the molecule is COC(=O)C(C)(C)[C@H]1CCCC(=O)C1. The van der Waals surface area contributed by atoms with Crippen molar-refractivity contribution in [2.45, 2.75) is 39.5 Å². The summed E-state index contributed by atoms with van der Waals surface area (Å²) in [6.07, 6.45) is 3.06. The van der Waals surface area contributed by atoms with E-state index in [-0.39, 0.29) is 17.7 Å². The maximum Gasteiger partial charge on any atom is 0.311 e. The largest absolute Gasteiger partial charge is 0.469 e. The molecule has 0 aromatic carbocycles. The van der Waals surface area contributed by atoms with Crippen LogP contribution in [0.25, 0.3) is 0 Å². The van der Waals surface area contributed by atoms with E-state index in [2.05, 4.69) is 0 Å². The number of carbonyl (C=O) groups excluding carboxylic acids is 2. The van der Waals surface area contributed by atoms with E-state index in [0.29, 0.717) is 12.8 Å². The van der Waals surface area contributed by atoms with Crippen LogP contribution in [-0.4, -0.2) is 18.9 Å². The van der Waals surface area contributed by atoms with Gasteiger partial charge >= 0.3 is 5.97 Å². The number of ether oxygens (including phenoxy) is 1. The van der Waals surface area contributed by atoms with Gasteiger partial charge in [0.25, 0.3) is 0 Å². The lowest BCUT2D eigenvalue weighted by Crippen LogP contribution is -2.37. The van der Waals surface area contributed by atoms with Crippen molar-refractivity contribution in [3.8, 4) is 0 Å². The molecule has 1 atom stereocenters. The Kier molecular flexibility index (Phi) is 3.29. The Morgan fingerprint density at radius 2 is 2.14 bits per heavy atom. The summed E-state index contributed by atoms with van der Waals surface area (Å²) in [6, 6.07) is 0. The maximum absolute atomic E-state index is 11.5. The summed E-state index contributed by atoms with van der Waals surface area (Å²) >= 11 is 0. The van der Waals surface area contributed by atoms with Gasteiger partial charge in [0.15, 0.2) is 0 Å². The van der Waals surface area contributed by atoms with Gasteiger partial charge in [-0.3, -0.25) is 9.59 Å². The second-order valence-electron chi connectivity index (χ2n) is 4.55. The molecule has 3 nitrogen and oxygen atoms in total. The summed E-state index contributed by atoms with van der Waals surface area (Å²) in [4.78, 5) is 22.8. The van der Waals surface area contributed by atoms with E-state index < -0.39 is 5.41 Å². The second kappa shape index (κ2) is 4.11. The van der Waals surface area contributed by atoms with Gasteiger partial charge in [-0.2, -0.15) is 0 Å². The molecule has 3 heteroatoms. The molecule has 0 saturated heterocycles. The highest BCUT2D eigenvalue weighted by atomic mass is 16.5. The molecule has 1 fully saturated rings. The van der Waals surface area contributed by atoms with Crippen molar-refractivity contribution >= 4 is 11.8 Å². The molecular weight excluding hydrogens is 180 g/mol. The summed E-state index contributed by atoms with van der Waals surface area (Å²) < 4.78 is 4.75. The Bertz CT molecular complexity index is 243. The minimum Gasteiger partial charge on any atom is -0.469 e. The zero-order valence-corrected chi connectivity index (χ0v) is 9.13. The molecule has 1 saturated carbocycles. The Hall–Kier alpha value is -0.860. The first-order valence-corrected chi connectivity index (χ1v) is 5.08. The van der Waals surface area contributed by atoms with Crippen LogP contribution >= 0.6 is 0 Å². The third-order valence-corrected chi connectivity index (χ3v) is 3.21. The predicted octanol–water partition coefficient (Wildman–Crippen LogP) is 1.94. The molecule has 0 spiro atoms. The maximum atomic E-state index is 11.5. The standard InChI is InChI=1S/C11H18O3/c1-11(2,10(13)14-3)8-5-4-6-9(12)7-8/h8H,4-7H2,1-3H3/t8-/m0/s1. The minimum atomic E-state index is -0.523. The molecule has 0 bridgehead atoms. The number of hydrogen-bond donors (Lipinski definition) is 0. The van der Waals surface area contributed by atoms with Crippen molar-refractivity contribution in [2.24, 2.45) is 11.3 Å². The fraction of sp³-hybridized carbons (Fsp3) is 0.818. The average Bonchev–Trinajstić information content (AvgIpc) is 2.16. The molecule has 1 aliphatic rings. The number of methoxy groups -OCH3 is 1. The summed E-state index contributed by atoms with van der Waals surface area (Å²) in [7, 11) is 1.40. The molecule has 0 aromatic heterocycles. The zero-order chi connectivity index (χ0) is 10.8. The van der Waals surface area contributed by atoms with Crippen molar-refractivity contribution in [1.29, 1.82) is 0 Å². The first-order chi connectivity index (χ1) is 6.48. The molecule has 0 heterocycles. The highest BCUT2D eigenvalue weighted by Crippen LogP contribution is 2.37. The fourth-order valence-electron chi connectivity index (χ4n) is 2.07. The van der Waals surface area contributed by atoms with Gasteiger partial charge in [0.2, 0.25) is 0 Å². The van der Waals surface area contributed by atoms with E-state index in [1.807, 2.05) is 13.8 Å². The average molecular weight is 198 g/mol. The van der Waals surface area contributed by atoms with Gasteiger partial charge in [0.05, 0.1) is 12.5 Å². The van der Waals surface area contributed by atoms with Gasteiger partial charge < -0.3 is 4.74 Å². The lowest BCUT2D eigenvalue weighted by molar-refractivity contribution is -0.155. The van der Waals surface area contributed by atoms with Crippen molar-refractivity contribution in [2.75, 3.05) is 7.11 Å². The van der Waals surface area contributed by atoms with Crippen LogP contribution in [0.2, 0.25) is 0 Å². The minimum absolute atomic E-state index is 0.149. The normalized spacial score (nSPS) is 23.4.